The van der Waals surface area contributed by atoms with Crippen molar-refractivity contribution in [2.24, 2.45) is 0 Å². The molecule has 0 radical (unpaired) electrons. The molecule has 5 nitrogen and oxygen atoms in total. The van der Waals surface area contributed by atoms with Crippen molar-refractivity contribution in [3.8, 4) is 6.07 Å². The summed E-state index contributed by atoms with van der Waals surface area (Å²) in [6.07, 6.45) is -5.20. The van der Waals surface area contributed by atoms with E-state index in [2.05, 4.69) is 0 Å². The Labute approximate surface area is 133 Å². The summed E-state index contributed by atoms with van der Waals surface area (Å²) in [7, 11) is 0. The minimum atomic E-state index is -5.20. The molecule has 2 rings (SSSR count). The maximum Gasteiger partial charge on any atom is 0.425 e. The van der Waals surface area contributed by atoms with Gasteiger partial charge in [0, 0.05) is 16.3 Å². The summed E-state index contributed by atoms with van der Waals surface area (Å²) in [6.45, 7) is 1.15. The number of amides is 2. The number of allylic oxidation sites excluding steroid dienone is 1. The number of halogens is 4. The minimum absolute atomic E-state index is 0.141. The molecule has 1 atom stereocenters. The highest BCUT2D eigenvalue weighted by Crippen LogP contribution is 2.40. The van der Waals surface area contributed by atoms with Crippen LogP contribution in [-0.4, -0.2) is 23.5 Å². The lowest BCUT2D eigenvalue weighted by Gasteiger charge is -2.30. The summed E-state index contributed by atoms with van der Waals surface area (Å²) in [5.41, 5.74) is -4.76. The molecule has 0 bridgehead atoms. The van der Waals surface area contributed by atoms with Crippen LogP contribution in [0.5, 0.6) is 0 Å². The van der Waals surface area contributed by atoms with Crippen molar-refractivity contribution in [2.45, 2.75) is 18.6 Å². The molecule has 0 saturated heterocycles. The SMILES string of the molecule is CC1=C(C#N)[C@@](NC(=O)c2cccc(Cl)c2)(C(F)(F)F)C(=O)N1. The second-order valence-corrected chi connectivity index (χ2v) is 5.21. The van der Waals surface area contributed by atoms with Crippen LogP contribution < -0.4 is 10.6 Å². The van der Waals surface area contributed by atoms with Crippen LogP contribution in [0.3, 0.4) is 0 Å². The van der Waals surface area contributed by atoms with Crippen molar-refractivity contribution in [3.05, 3.63) is 46.1 Å². The zero-order valence-corrected chi connectivity index (χ0v) is 12.3. The van der Waals surface area contributed by atoms with E-state index in [9.17, 15) is 22.8 Å². The van der Waals surface area contributed by atoms with Crippen LogP contribution in [0.25, 0.3) is 0 Å². The Morgan fingerprint density at radius 2 is 2.09 bits per heavy atom. The summed E-state index contributed by atoms with van der Waals surface area (Å²) in [6, 6.07) is 6.54. The second kappa shape index (κ2) is 5.59. The third-order valence-electron chi connectivity index (χ3n) is 3.32. The number of nitrogens with zero attached hydrogens (tertiary/aromatic N) is 1. The number of hydrogen-bond donors (Lipinski definition) is 2. The van der Waals surface area contributed by atoms with Crippen LogP contribution in [0, 0.1) is 11.3 Å². The monoisotopic (exact) mass is 343 g/mol. The summed E-state index contributed by atoms with van der Waals surface area (Å²) in [5, 5.41) is 12.7. The first kappa shape index (κ1) is 16.8. The van der Waals surface area contributed by atoms with Gasteiger partial charge in [-0.3, -0.25) is 9.59 Å². The van der Waals surface area contributed by atoms with Gasteiger partial charge in [0.25, 0.3) is 17.4 Å². The molecule has 2 N–H and O–H groups in total. The third-order valence-corrected chi connectivity index (χ3v) is 3.55. The molecular formula is C14H9ClF3N3O2. The molecule has 9 heteroatoms. The lowest BCUT2D eigenvalue weighted by Crippen LogP contribution is -2.64. The topological polar surface area (TPSA) is 82.0 Å². The lowest BCUT2D eigenvalue weighted by molar-refractivity contribution is -0.184. The largest absolute Gasteiger partial charge is 0.425 e. The van der Waals surface area contributed by atoms with E-state index in [1.807, 2.05) is 5.32 Å². The first-order valence-corrected chi connectivity index (χ1v) is 6.59. The molecule has 1 heterocycles. The van der Waals surface area contributed by atoms with E-state index in [1.54, 1.807) is 5.32 Å². The molecule has 2 amide bonds. The molecule has 1 aliphatic heterocycles. The number of alkyl halides is 3. The van der Waals surface area contributed by atoms with E-state index >= 15 is 0 Å². The van der Waals surface area contributed by atoms with Crippen LogP contribution in [0.4, 0.5) is 13.2 Å². The van der Waals surface area contributed by atoms with Crippen molar-refractivity contribution in [2.75, 3.05) is 0 Å². The number of benzene rings is 1. The molecule has 120 valence electrons. The molecule has 0 aromatic heterocycles. The summed E-state index contributed by atoms with van der Waals surface area (Å²) >= 11 is 5.69. The normalized spacial score (nSPS) is 21.0. The number of carbonyl (C=O) groups excluding carboxylic acids is 2. The molecule has 1 aromatic carbocycles. The van der Waals surface area contributed by atoms with Gasteiger partial charge in [0.05, 0.1) is 11.6 Å². The number of rotatable bonds is 2. The van der Waals surface area contributed by atoms with Gasteiger partial charge in [0.15, 0.2) is 0 Å². The minimum Gasteiger partial charge on any atom is -0.326 e. The van der Waals surface area contributed by atoms with E-state index in [0.717, 1.165) is 13.0 Å². The Morgan fingerprint density at radius 1 is 1.43 bits per heavy atom. The lowest BCUT2D eigenvalue weighted by atomic mass is 9.90. The molecule has 0 aliphatic carbocycles. The molecule has 23 heavy (non-hydrogen) atoms. The summed E-state index contributed by atoms with van der Waals surface area (Å²) < 4.78 is 40.6. The van der Waals surface area contributed by atoms with E-state index in [1.165, 1.54) is 24.3 Å². The van der Waals surface area contributed by atoms with Crippen molar-refractivity contribution in [3.63, 3.8) is 0 Å². The zero-order chi connectivity index (χ0) is 17.4. The first-order valence-electron chi connectivity index (χ1n) is 6.21. The molecule has 1 aliphatic rings. The Morgan fingerprint density at radius 3 is 2.61 bits per heavy atom. The van der Waals surface area contributed by atoms with Gasteiger partial charge in [-0.25, -0.2) is 0 Å². The van der Waals surface area contributed by atoms with E-state index in [0.29, 0.717) is 0 Å². The Bertz CT molecular complexity index is 767. The fourth-order valence-corrected chi connectivity index (χ4v) is 2.41. The van der Waals surface area contributed by atoms with Gasteiger partial charge in [-0.05, 0) is 25.1 Å². The van der Waals surface area contributed by atoms with Crippen LogP contribution in [0.15, 0.2) is 35.5 Å². The van der Waals surface area contributed by atoms with Crippen molar-refractivity contribution in [1.82, 2.24) is 10.6 Å². The average Bonchev–Trinajstić information content (AvgIpc) is 2.69. The van der Waals surface area contributed by atoms with Crippen LogP contribution in [0.1, 0.15) is 17.3 Å². The molecule has 0 unspecified atom stereocenters. The average molecular weight is 344 g/mol. The van der Waals surface area contributed by atoms with Gasteiger partial charge in [-0.1, -0.05) is 17.7 Å². The van der Waals surface area contributed by atoms with E-state index in [-0.39, 0.29) is 16.3 Å². The quantitative estimate of drug-likeness (QED) is 0.864. The van der Waals surface area contributed by atoms with Crippen molar-refractivity contribution < 1.29 is 22.8 Å². The first-order chi connectivity index (χ1) is 10.6. The predicted octanol–water partition coefficient (Wildman–Crippen LogP) is 2.30. The number of nitrogens with one attached hydrogen (secondary N) is 2. The maximum absolute atomic E-state index is 13.5. The molecule has 0 saturated carbocycles. The zero-order valence-electron chi connectivity index (χ0n) is 11.6. The van der Waals surface area contributed by atoms with Crippen LogP contribution in [-0.2, 0) is 4.79 Å². The third kappa shape index (κ3) is 2.64. The van der Waals surface area contributed by atoms with Crippen LogP contribution in [0.2, 0.25) is 5.02 Å². The standard InChI is InChI=1S/C14H9ClF3N3O2/c1-7-10(6-19)13(12(23)20-7,14(16,17)18)21-11(22)8-3-2-4-9(15)5-8/h2-5H,1H3,(H,20,23)(H,21,22)/t13-/m0/s1. The smallest absolute Gasteiger partial charge is 0.326 e. The van der Waals surface area contributed by atoms with Gasteiger partial charge < -0.3 is 10.6 Å². The van der Waals surface area contributed by atoms with Gasteiger partial charge >= 0.3 is 6.18 Å². The number of hydrogen-bond acceptors (Lipinski definition) is 3. The summed E-state index contributed by atoms with van der Waals surface area (Å²) in [4.78, 5) is 24.0. The van der Waals surface area contributed by atoms with Gasteiger partial charge in [-0.2, -0.15) is 18.4 Å². The highest BCUT2D eigenvalue weighted by molar-refractivity contribution is 6.31. The maximum atomic E-state index is 13.5. The fraction of sp³-hybridized carbons (Fsp3) is 0.214. The molecule has 0 spiro atoms. The number of nitriles is 1. The molecule has 0 fully saturated rings. The van der Waals surface area contributed by atoms with Gasteiger partial charge in [0.2, 0.25) is 0 Å². The van der Waals surface area contributed by atoms with E-state index < -0.39 is 29.1 Å². The van der Waals surface area contributed by atoms with Gasteiger partial charge in [0.1, 0.15) is 0 Å². The second-order valence-electron chi connectivity index (χ2n) is 4.78. The molecule has 1 aromatic rings. The Kier molecular flexibility index (Phi) is 4.09. The Hall–Kier alpha value is -2.53. The Balaban J connectivity index is 2.53. The number of carbonyl (C=O) groups is 2. The van der Waals surface area contributed by atoms with Gasteiger partial charge in [-0.15, -0.1) is 0 Å². The van der Waals surface area contributed by atoms with Crippen molar-refractivity contribution in [1.29, 1.82) is 5.26 Å². The van der Waals surface area contributed by atoms with Crippen LogP contribution >= 0.6 is 11.6 Å². The van der Waals surface area contributed by atoms with Crippen molar-refractivity contribution >= 4 is 23.4 Å². The fourth-order valence-electron chi connectivity index (χ4n) is 2.22. The molecular weight excluding hydrogens is 335 g/mol. The highest BCUT2D eigenvalue weighted by atomic mass is 35.5. The van der Waals surface area contributed by atoms with E-state index in [4.69, 9.17) is 16.9 Å². The summed E-state index contributed by atoms with van der Waals surface area (Å²) in [5.74, 6) is -2.71. The highest BCUT2D eigenvalue weighted by Gasteiger charge is 2.67. The predicted molar refractivity (Wildman–Crippen MR) is 74.2 cm³/mol.